The fourth-order valence-electron chi connectivity index (χ4n) is 2.48. The first kappa shape index (κ1) is 18.9. The van der Waals surface area contributed by atoms with Crippen molar-refractivity contribution in [2.75, 3.05) is 31.7 Å². The number of nitro groups is 1. The summed E-state index contributed by atoms with van der Waals surface area (Å²) in [6, 6.07) is 7.18. The van der Waals surface area contributed by atoms with Crippen molar-refractivity contribution in [3.63, 3.8) is 0 Å². The van der Waals surface area contributed by atoms with Crippen LogP contribution in [0, 0.1) is 10.1 Å². The maximum atomic E-state index is 12.7. The van der Waals surface area contributed by atoms with E-state index >= 15 is 0 Å². The number of benzene rings is 1. The summed E-state index contributed by atoms with van der Waals surface area (Å²) in [4.78, 5) is 14.5. The normalized spacial score (nSPS) is 15.7. The van der Waals surface area contributed by atoms with Crippen molar-refractivity contribution in [2.24, 2.45) is 5.10 Å². The molecule has 0 spiro atoms. The van der Waals surface area contributed by atoms with Crippen LogP contribution >= 0.6 is 0 Å². The van der Waals surface area contributed by atoms with Crippen molar-refractivity contribution in [1.29, 1.82) is 0 Å². The molecule has 0 amide bonds. The number of ether oxygens (including phenoxy) is 1. The van der Waals surface area contributed by atoms with Gasteiger partial charge in [0.2, 0.25) is 10.0 Å². The van der Waals surface area contributed by atoms with Crippen molar-refractivity contribution in [3.8, 4) is 0 Å². The summed E-state index contributed by atoms with van der Waals surface area (Å²) in [6.45, 7) is 1.02. The minimum Gasteiger partial charge on any atom is -0.379 e. The fourth-order valence-corrected chi connectivity index (χ4v) is 3.91. The molecular formula is C16H17N5O5S. The molecule has 2 heterocycles. The van der Waals surface area contributed by atoms with Crippen LogP contribution in [-0.4, -0.2) is 55.1 Å². The second-order valence-electron chi connectivity index (χ2n) is 5.61. The molecule has 0 radical (unpaired) electrons. The third kappa shape index (κ3) is 4.45. The molecule has 1 aromatic carbocycles. The van der Waals surface area contributed by atoms with Crippen LogP contribution < -0.4 is 5.43 Å². The Balaban J connectivity index is 1.84. The Labute approximate surface area is 155 Å². The van der Waals surface area contributed by atoms with Crippen LogP contribution in [0.3, 0.4) is 0 Å². The molecule has 0 unspecified atom stereocenters. The first-order valence-electron chi connectivity index (χ1n) is 8.04. The number of anilines is 1. The highest BCUT2D eigenvalue weighted by atomic mass is 32.2. The molecule has 142 valence electrons. The molecule has 27 heavy (non-hydrogen) atoms. The molecule has 3 rings (SSSR count). The van der Waals surface area contributed by atoms with Gasteiger partial charge >= 0.3 is 0 Å². The van der Waals surface area contributed by atoms with Crippen molar-refractivity contribution in [1.82, 2.24) is 9.29 Å². The summed E-state index contributed by atoms with van der Waals surface area (Å²) in [7, 11) is -3.82. The quantitative estimate of drug-likeness (QED) is 0.448. The fraction of sp³-hybridized carbons (Fsp3) is 0.250. The van der Waals surface area contributed by atoms with Gasteiger partial charge in [0.25, 0.3) is 5.69 Å². The number of rotatable bonds is 6. The highest BCUT2D eigenvalue weighted by Gasteiger charge is 2.28. The van der Waals surface area contributed by atoms with Gasteiger partial charge in [-0.15, -0.1) is 0 Å². The zero-order valence-corrected chi connectivity index (χ0v) is 15.0. The number of hydrogen-bond acceptors (Lipinski definition) is 8. The topological polar surface area (TPSA) is 127 Å². The van der Waals surface area contributed by atoms with E-state index in [9.17, 15) is 18.5 Å². The van der Waals surface area contributed by atoms with Gasteiger partial charge < -0.3 is 4.74 Å². The molecule has 0 bridgehead atoms. The Morgan fingerprint density at radius 3 is 2.74 bits per heavy atom. The second-order valence-corrected chi connectivity index (χ2v) is 7.55. The summed E-state index contributed by atoms with van der Waals surface area (Å²) in [5.41, 5.74) is 2.98. The summed E-state index contributed by atoms with van der Waals surface area (Å²) in [5.74, 6) is 0. The van der Waals surface area contributed by atoms with Gasteiger partial charge in [-0.05, 0) is 18.2 Å². The van der Waals surface area contributed by atoms with E-state index in [1.807, 2.05) is 0 Å². The lowest BCUT2D eigenvalue weighted by atomic mass is 10.3. The van der Waals surface area contributed by atoms with E-state index < -0.39 is 14.9 Å². The number of hydrogen-bond donors (Lipinski definition) is 1. The number of hydrazone groups is 1. The third-order valence-corrected chi connectivity index (χ3v) is 5.75. The molecule has 0 aliphatic carbocycles. The van der Waals surface area contributed by atoms with Crippen LogP contribution in [0.4, 0.5) is 11.4 Å². The molecule has 1 saturated heterocycles. The first-order chi connectivity index (χ1) is 13.0. The maximum absolute atomic E-state index is 12.7. The van der Waals surface area contributed by atoms with Crippen LogP contribution in [0.15, 0.2) is 52.7 Å². The number of nitro benzene ring substituents is 1. The molecule has 2 aromatic rings. The third-order valence-electron chi connectivity index (χ3n) is 3.86. The maximum Gasteiger partial charge on any atom is 0.295 e. The zero-order valence-electron chi connectivity index (χ0n) is 14.2. The van der Waals surface area contributed by atoms with E-state index in [-0.39, 0.29) is 29.4 Å². The van der Waals surface area contributed by atoms with Crippen molar-refractivity contribution < 1.29 is 18.1 Å². The lowest BCUT2D eigenvalue weighted by Gasteiger charge is -2.26. The average Bonchev–Trinajstić information content (AvgIpc) is 2.69. The van der Waals surface area contributed by atoms with Gasteiger partial charge in [0.05, 0.1) is 29.2 Å². The van der Waals surface area contributed by atoms with Crippen LogP contribution in [0.25, 0.3) is 0 Å². The Kier molecular flexibility index (Phi) is 5.74. The van der Waals surface area contributed by atoms with Gasteiger partial charge in [0.15, 0.2) is 0 Å². The summed E-state index contributed by atoms with van der Waals surface area (Å²) < 4.78 is 31.7. The van der Waals surface area contributed by atoms with Gasteiger partial charge in [-0.2, -0.15) is 9.41 Å². The van der Waals surface area contributed by atoms with Crippen molar-refractivity contribution in [2.45, 2.75) is 4.90 Å². The number of morpholine rings is 1. The Morgan fingerprint density at radius 2 is 2.07 bits per heavy atom. The molecule has 0 saturated carbocycles. The van der Waals surface area contributed by atoms with Crippen LogP contribution in [-0.2, 0) is 14.8 Å². The van der Waals surface area contributed by atoms with E-state index in [2.05, 4.69) is 15.5 Å². The highest BCUT2D eigenvalue weighted by Crippen LogP contribution is 2.29. The molecule has 1 aliphatic rings. The lowest BCUT2D eigenvalue weighted by Crippen LogP contribution is -2.40. The SMILES string of the molecule is O=[N+]([O-])c1cc(S(=O)(=O)N2CCOCC2)ccc1N/N=C/c1cccnc1. The molecule has 11 heteroatoms. The van der Waals surface area contributed by atoms with Gasteiger partial charge in [0.1, 0.15) is 5.69 Å². The smallest absolute Gasteiger partial charge is 0.295 e. The van der Waals surface area contributed by atoms with Gasteiger partial charge in [-0.25, -0.2) is 8.42 Å². The molecule has 0 atom stereocenters. The Morgan fingerprint density at radius 1 is 1.30 bits per heavy atom. The predicted molar refractivity (Wildman–Crippen MR) is 98.1 cm³/mol. The van der Waals surface area contributed by atoms with E-state index in [0.717, 1.165) is 6.07 Å². The lowest BCUT2D eigenvalue weighted by molar-refractivity contribution is -0.384. The summed E-state index contributed by atoms with van der Waals surface area (Å²) >= 11 is 0. The molecule has 1 fully saturated rings. The van der Waals surface area contributed by atoms with E-state index in [4.69, 9.17) is 4.74 Å². The molecule has 1 aromatic heterocycles. The summed E-state index contributed by atoms with van der Waals surface area (Å²) in [5, 5.41) is 15.3. The van der Waals surface area contributed by atoms with Gasteiger partial charge in [0, 0.05) is 37.1 Å². The van der Waals surface area contributed by atoms with Crippen molar-refractivity contribution >= 4 is 27.6 Å². The standard InChI is InChI=1S/C16H17N5O5S/c22-21(23)16-10-14(27(24,25)20-6-8-26-9-7-20)3-4-15(16)19-18-12-13-2-1-5-17-11-13/h1-5,10-12,19H,6-9H2/b18-12+. The minimum absolute atomic E-state index is 0.0843. The largest absolute Gasteiger partial charge is 0.379 e. The first-order valence-corrected chi connectivity index (χ1v) is 9.48. The Bertz CT molecular complexity index is 943. The second kappa shape index (κ2) is 8.20. The van der Waals surface area contributed by atoms with Crippen LogP contribution in [0.5, 0.6) is 0 Å². The minimum atomic E-state index is -3.82. The monoisotopic (exact) mass is 391 g/mol. The van der Waals surface area contributed by atoms with Crippen molar-refractivity contribution in [3.05, 3.63) is 58.4 Å². The Hall–Kier alpha value is -2.89. The predicted octanol–water partition coefficient (Wildman–Crippen LogP) is 1.46. The summed E-state index contributed by atoms with van der Waals surface area (Å²) in [6.07, 6.45) is 4.65. The average molecular weight is 391 g/mol. The zero-order chi connectivity index (χ0) is 19.3. The van der Waals surface area contributed by atoms with Gasteiger partial charge in [-0.1, -0.05) is 6.07 Å². The molecule has 1 aliphatic heterocycles. The van der Waals surface area contributed by atoms with E-state index in [0.29, 0.717) is 18.8 Å². The number of aromatic nitrogens is 1. The van der Waals surface area contributed by atoms with Gasteiger partial charge in [-0.3, -0.25) is 20.5 Å². The van der Waals surface area contributed by atoms with Crippen LogP contribution in [0.1, 0.15) is 5.56 Å². The molecule has 1 N–H and O–H groups in total. The highest BCUT2D eigenvalue weighted by molar-refractivity contribution is 7.89. The number of nitrogens with one attached hydrogen (secondary N) is 1. The molecule has 10 nitrogen and oxygen atoms in total. The number of pyridine rings is 1. The molecular weight excluding hydrogens is 374 g/mol. The van der Waals surface area contributed by atoms with Crippen LogP contribution in [0.2, 0.25) is 0 Å². The van der Waals surface area contributed by atoms with E-state index in [1.165, 1.54) is 22.7 Å². The van der Waals surface area contributed by atoms with E-state index in [1.54, 1.807) is 24.5 Å². The number of sulfonamides is 1. The number of nitrogens with zero attached hydrogens (tertiary/aromatic N) is 4.